The number of anilines is 1. The first-order chi connectivity index (χ1) is 8.90. The predicted molar refractivity (Wildman–Crippen MR) is 74.0 cm³/mol. The lowest BCUT2D eigenvalue weighted by molar-refractivity contribution is -0.137. The van der Waals surface area contributed by atoms with Crippen LogP contribution in [0.15, 0.2) is 41.8 Å². The molecule has 0 aliphatic heterocycles. The third kappa shape index (κ3) is 4.10. The minimum absolute atomic E-state index is 0.0357. The highest BCUT2D eigenvalue weighted by atomic mass is 32.2. The van der Waals surface area contributed by atoms with E-state index < -0.39 is 21.8 Å². The molecule has 1 aromatic carbocycles. The van der Waals surface area contributed by atoms with Crippen molar-refractivity contribution in [3.63, 3.8) is 0 Å². The van der Waals surface area contributed by atoms with Crippen LogP contribution in [0.25, 0.3) is 0 Å². The number of carbonyl (C=O) groups is 1. The van der Waals surface area contributed by atoms with E-state index >= 15 is 0 Å². The number of benzene rings is 1. The maximum Gasteiger partial charge on any atom is 0.326 e. The van der Waals surface area contributed by atoms with Crippen LogP contribution in [-0.2, 0) is 14.6 Å². The van der Waals surface area contributed by atoms with Crippen LogP contribution in [0.3, 0.4) is 0 Å². The van der Waals surface area contributed by atoms with E-state index in [2.05, 4.69) is 11.9 Å². The Kier molecular flexibility index (Phi) is 5.11. The highest BCUT2D eigenvalue weighted by molar-refractivity contribution is 7.91. The van der Waals surface area contributed by atoms with Gasteiger partial charge in [-0.2, -0.15) is 0 Å². The lowest BCUT2D eigenvalue weighted by Gasteiger charge is -2.14. The Labute approximate surface area is 112 Å². The number of aliphatic carboxylic acids is 1. The summed E-state index contributed by atoms with van der Waals surface area (Å²) in [7, 11) is -3.23. The number of rotatable bonds is 7. The van der Waals surface area contributed by atoms with E-state index in [4.69, 9.17) is 5.11 Å². The van der Waals surface area contributed by atoms with Crippen molar-refractivity contribution in [2.24, 2.45) is 0 Å². The van der Waals surface area contributed by atoms with Crippen LogP contribution < -0.4 is 5.32 Å². The quantitative estimate of drug-likeness (QED) is 0.747. The maximum atomic E-state index is 11.6. The van der Waals surface area contributed by atoms with E-state index in [0.29, 0.717) is 5.69 Å². The van der Waals surface area contributed by atoms with E-state index in [1.807, 2.05) is 0 Å². The van der Waals surface area contributed by atoms with Crippen LogP contribution in [0.4, 0.5) is 5.69 Å². The fraction of sp³-hybridized carbons (Fsp3) is 0.308. The van der Waals surface area contributed by atoms with Crippen molar-refractivity contribution < 1.29 is 18.3 Å². The molecule has 1 unspecified atom stereocenters. The topological polar surface area (TPSA) is 83.5 Å². The Balaban J connectivity index is 2.87. The molecular formula is C13H17NO4S. The molecule has 6 heteroatoms. The van der Waals surface area contributed by atoms with Gasteiger partial charge < -0.3 is 10.4 Å². The van der Waals surface area contributed by atoms with E-state index in [1.165, 1.54) is 18.2 Å². The molecule has 0 aliphatic rings. The summed E-state index contributed by atoms with van der Waals surface area (Å²) in [6.45, 7) is 5.07. The molecule has 104 valence electrons. The van der Waals surface area contributed by atoms with Crippen molar-refractivity contribution in [1.82, 2.24) is 0 Å². The Morgan fingerprint density at radius 2 is 2.00 bits per heavy atom. The molecule has 0 aliphatic carbocycles. The summed E-state index contributed by atoms with van der Waals surface area (Å²) >= 11 is 0. The van der Waals surface area contributed by atoms with Gasteiger partial charge in [0, 0.05) is 5.69 Å². The van der Waals surface area contributed by atoms with Crippen LogP contribution in [-0.4, -0.2) is 31.3 Å². The van der Waals surface area contributed by atoms with Crippen molar-refractivity contribution in [3.05, 3.63) is 36.9 Å². The van der Waals surface area contributed by atoms with Crippen molar-refractivity contribution >= 4 is 21.5 Å². The standard InChI is InChI=1S/C13H17NO4S/c1-3-5-12(13(15)16)14-10-6-8-11(9-7-10)19(17,18)4-2/h3,6-9,12,14H,1,4-5H2,2H3,(H,15,16). The van der Waals surface area contributed by atoms with Crippen LogP contribution in [0.5, 0.6) is 0 Å². The lowest BCUT2D eigenvalue weighted by Crippen LogP contribution is -2.28. The van der Waals surface area contributed by atoms with Gasteiger partial charge in [0.2, 0.25) is 0 Å². The van der Waals surface area contributed by atoms with Gasteiger partial charge in [-0.25, -0.2) is 13.2 Å². The minimum atomic E-state index is -3.23. The Bertz CT molecular complexity index is 549. The molecule has 0 saturated carbocycles. The van der Waals surface area contributed by atoms with E-state index in [1.54, 1.807) is 19.1 Å². The monoisotopic (exact) mass is 283 g/mol. The third-order valence-electron chi connectivity index (χ3n) is 2.63. The fourth-order valence-electron chi connectivity index (χ4n) is 1.51. The molecular weight excluding hydrogens is 266 g/mol. The van der Waals surface area contributed by atoms with Crippen LogP contribution in [0, 0.1) is 0 Å². The Hall–Kier alpha value is -1.82. The summed E-state index contributed by atoms with van der Waals surface area (Å²) in [4.78, 5) is 11.2. The summed E-state index contributed by atoms with van der Waals surface area (Å²) < 4.78 is 23.2. The predicted octanol–water partition coefficient (Wildman–Crippen LogP) is 1.92. The number of carboxylic acids is 1. The van der Waals surface area contributed by atoms with E-state index in [0.717, 1.165) is 0 Å². The van der Waals surface area contributed by atoms with Crippen molar-refractivity contribution in [1.29, 1.82) is 0 Å². The second-order valence-corrected chi connectivity index (χ2v) is 6.27. The normalized spacial score (nSPS) is 12.7. The first kappa shape index (κ1) is 15.2. The SMILES string of the molecule is C=CCC(Nc1ccc(S(=O)(=O)CC)cc1)C(=O)O. The van der Waals surface area contributed by atoms with Crippen LogP contribution in [0.1, 0.15) is 13.3 Å². The number of nitrogens with one attached hydrogen (secondary N) is 1. The molecule has 0 radical (unpaired) electrons. The van der Waals surface area contributed by atoms with E-state index in [9.17, 15) is 13.2 Å². The second-order valence-electron chi connectivity index (χ2n) is 3.99. The largest absolute Gasteiger partial charge is 0.480 e. The van der Waals surface area contributed by atoms with Crippen molar-refractivity contribution in [2.75, 3.05) is 11.1 Å². The number of hydrogen-bond acceptors (Lipinski definition) is 4. The zero-order valence-electron chi connectivity index (χ0n) is 10.7. The molecule has 1 rings (SSSR count). The molecule has 0 heterocycles. The summed E-state index contributed by atoms with van der Waals surface area (Å²) in [5.41, 5.74) is 0.560. The van der Waals surface area contributed by atoms with Gasteiger partial charge >= 0.3 is 5.97 Å². The van der Waals surface area contributed by atoms with Crippen molar-refractivity contribution in [3.8, 4) is 0 Å². The Morgan fingerprint density at radius 3 is 2.42 bits per heavy atom. The molecule has 0 fully saturated rings. The fourth-order valence-corrected chi connectivity index (χ4v) is 2.40. The number of carboxylic acid groups (broad SMARTS) is 1. The molecule has 0 amide bonds. The lowest BCUT2D eigenvalue weighted by atomic mass is 10.2. The smallest absolute Gasteiger partial charge is 0.326 e. The summed E-state index contributed by atoms with van der Waals surface area (Å²) in [5.74, 6) is -0.946. The maximum absolute atomic E-state index is 11.6. The molecule has 19 heavy (non-hydrogen) atoms. The Morgan fingerprint density at radius 1 is 1.42 bits per heavy atom. The molecule has 1 atom stereocenters. The van der Waals surface area contributed by atoms with Gasteiger partial charge in [-0.05, 0) is 30.7 Å². The summed E-state index contributed by atoms with van der Waals surface area (Å²) in [5, 5.41) is 11.8. The molecule has 1 aromatic rings. The van der Waals surface area contributed by atoms with Crippen molar-refractivity contribution in [2.45, 2.75) is 24.3 Å². The molecule has 5 nitrogen and oxygen atoms in total. The van der Waals surface area contributed by atoms with Gasteiger partial charge in [0.05, 0.1) is 10.6 Å². The molecule has 0 spiro atoms. The average Bonchev–Trinajstić information content (AvgIpc) is 2.38. The van der Waals surface area contributed by atoms with Crippen LogP contribution >= 0.6 is 0 Å². The third-order valence-corrected chi connectivity index (χ3v) is 4.39. The van der Waals surface area contributed by atoms with Gasteiger partial charge in [0.1, 0.15) is 6.04 Å². The first-order valence-electron chi connectivity index (χ1n) is 5.83. The molecule has 0 aromatic heterocycles. The minimum Gasteiger partial charge on any atom is -0.480 e. The van der Waals surface area contributed by atoms with E-state index in [-0.39, 0.29) is 17.1 Å². The number of sulfone groups is 1. The highest BCUT2D eigenvalue weighted by Gasteiger charge is 2.16. The number of hydrogen-bond donors (Lipinski definition) is 2. The second kappa shape index (κ2) is 6.38. The summed E-state index contributed by atoms with van der Waals surface area (Å²) in [6.07, 6.45) is 1.80. The highest BCUT2D eigenvalue weighted by Crippen LogP contribution is 2.16. The zero-order chi connectivity index (χ0) is 14.5. The average molecular weight is 283 g/mol. The van der Waals surface area contributed by atoms with Gasteiger partial charge in [-0.15, -0.1) is 6.58 Å². The van der Waals surface area contributed by atoms with Gasteiger partial charge in [0.25, 0.3) is 0 Å². The van der Waals surface area contributed by atoms with Gasteiger partial charge in [-0.1, -0.05) is 13.0 Å². The summed E-state index contributed by atoms with van der Waals surface area (Å²) in [6, 6.07) is 5.27. The molecule has 2 N–H and O–H groups in total. The first-order valence-corrected chi connectivity index (χ1v) is 7.49. The van der Waals surface area contributed by atoms with Gasteiger partial charge in [-0.3, -0.25) is 0 Å². The zero-order valence-corrected chi connectivity index (χ0v) is 11.5. The molecule has 0 bridgehead atoms. The van der Waals surface area contributed by atoms with Crippen LogP contribution in [0.2, 0.25) is 0 Å². The van der Waals surface area contributed by atoms with Gasteiger partial charge in [0.15, 0.2) is 9.84 Å². The molecule has 0 saturated heterocycles.